The summed E-state index contributed by atoms with van der Waals surface area (Å²) >= 11 is 0. The van der Waals surface area contributed by atoms with Crippen LogP contribution in [-0.2, 0) is 20.0 Å². The van der Waals surface area contributed by atoms with E-state index < -0.39 is 35.9 Å². The van der Waals surface area contributed by atoms with Gasteiger partial charge in [0.15, 0.2) is 0 Å². The number of benzene rings is 1. The lowest BCUT2D eigenvalue weighted by Crippen LogP contribution is -2.36. The van der Waals surface area contributed by atoms with Crippen molar-refractivity contribution in [2.75, 3.05) is 19.4 Å². The Morgan fingerprint density at radius 3 is 2.15 bits per heavy atom. The quantitative estimate of drug-likeness (QED) is 0.766. The first kappa shape index (κ1) is 20.8. The molecule has 0 unspecified atom stereocenters. The Labute approximate surface area is 158 Å². The first-order chi connectivity index (χ1) is 12.4. The van der Waals surface area contributed by atoms with Gasteiger partial charge in [0.2, 0.25) is 10.0 Å². The van der Waals surface area contributed by atoms with Crippen molar-refractivity contribution in [1.29, 1.82) is 0 Å². The Balaban J connectivity index is 2.33. The van der Waals surface area contributed by atoms with Crippen LogP contribution in [0.3, 0.4) is 0 Å². The fourth-order valence-corrected chi connectivity index (χ4v) is 4.91. The number of aryl methyl sites for hydroxylation is 2. The Kier molecular flexibility index (Phi) is 5.88. The summed E-state index contributed by atoms with van der Waals surface area (Å²) in [6, 6.07) is 7.35. The molecule has 2 rings (SSSR count). The average molecular weight is 412 g/mol. The van der Waals surface area contributed by atoms with Crippen molar-refractivity contribution in [3.05, 3.63) is 47.7 Å². The Hall–Kier alpha value is -2.50. The van der Waals surface area contributed by atoms with E-state index in [2.05, 4.69) is 10.3 Å². The number of amides is 2. The normalized spacial score (nSPS) is 12.0. The van der Waals surface area contributed by atoms with Gasteiger partial charge >= 0.3 is 6.03 Å². The summed E-state index contributed by atoms with van der Waals surface area (Å²) in [5.74, 6) is 0.175. The van der Waals surface area contributed by atoms with Crippen LogP contribution < -0.4 is 10.0 Å². The molecule has 0 saturated carbocycles. The predicted octanol–water partition coefficient (Wildman–Crippen LogP) is 1.46. The number of nitrogens with zero attached hydrogens (tertiary/aromatic N) is 2. The molecule has 2 aromatic rings. The maximum Gasteiger partial charge on any atom is 0.334 e. The highest BCUT2D eigenvalue weighted by Gasteiger charge is 2.29. The number of rotatable bonds is 5. The minimum Gasteiger partial charge on any atom is -0.292 e. The van der Waals surface area contributed by atoms with Crippen LogP contribution >= 0.6 is 0 Å². The molecule has 9 nitrogen and oxygen atoms in total. The van der Waals surface area contributed by atoms with Crippen LogP contribution in [0.5, 0.6) is 0 Å². The zero-order valence-corrected chi connectivity index (χ0v) is 16.8. The molecule has 1 heterocycles. The van der Waals surface area contributed by atoms with Gasteiger partial charge in [-0.2, -0.15) is 0 Å². The number of hydrogen-bond acceptors (Lipinski definition) is 6. The molecule has 2 amide bonds. The zero-order chi connectivity index (χ0) is 20.4. The SMILES string of the molecule is Cc1cc(C)nc(NC(=O)NS(=O)(=O)c2ccccc2S(=O)(=O)N(C)C)c1. The van der Waals surface area contributed by atoms with Crippen molar-refractivity contribution >= 4 is 31.9 Å². The molecule has 0 bridgehead atoms. The first-order valence-electron chi connectivity index (χ1n) is 7.74. The number of anilines is 1. The predicted molar refractivity (Wildman–Crippen MR) is 100 cm³/mol. The van der Waals surface area contributed by atoms with E-state index in [1.54, 1.807) is 26.0 Å². The number of pyridine rings is 1. The third-order valence-electron chi connectivity index (χ3n) is 3.46. The monoisotopic (exact) mass is 412 g/mol. The molecule has 27 heavy (non-hydrogen) atoms. The maximum absolute atomic E-state index is 12.6. The number of sulfonamides is 2. The zero-order valence-electron chi connectivity index (χ0n) is 15.2. The van der Waals surface area contributed by atoms with Crippen LogP contribution in [0.4, 0.5) is 10.6 Å². The molecule has 0 aliphatic heterocycles. The molecular formula is C16H20N4O5S2. The fourth-order valence-electron chi connectivity index (χ4n) is 2.31. The molecular weight excluding hydrogens is 392 g/mol. The van der Waals surface area contributed by atoms with Gasteiger partial charge in [0.25, 0.3) is 10.0 Å². The molecule has 146 valence electrons. The molecule has 0 saturated heterocycles. The third kappa shape index (κ3) is 4.81. The van der Waals surface area contributed by atoms with Crippen LogP contribution in [0.1, 0.15) is 11.3 Å². The molecule has 0 radical (unpaired) electrons. The third-order valence-corrected chi connectivity index (χ3v) is 6.86. The molecule has 2 N–H and O–H groups in total. The van der Waals surface area contributed by atoms with Crippen molar-refractivity contribution in [1.82, 2.24) is 14.0 Å². The van der Waals surface area contributed by atoms with Crippen molar-refractivity contribution in [3.8, 4) is 0 Å². The second kappa shape index (κ2) is 7.62. The van der Waals surface area contributed by atoms with Crippen molar-refractivity contribution in [3.63, 3.8) is 0 Å². The van der Waals surface area contributed by atoms with Crippen molar-refractivity contribution in [2.45, 2.75) is 23.6 Å². The topological polar surface area (TPSA) is 126 Å². The minimum absolute atomic E-state index is 0.175. The van der Waals surface area contributed by atoms with Gasteiger partial charge in [-0.1, -0.05) is 12.1 Å². The number of nitrogens with one attached hydrogen (secondary N) is 2. The van der Waals surface area contributed by atoms with E-state index in [0.29, 0.717) is 5.69 Å². The van der Waals surface area contributed by atoms with E-state index in [1.807, 2.05) is 4.72 Å². The van der Waals surface area contributed by atoms with Gasteiger partial charge in [0, 0.05) is 19.8 Å². The molecule has 1 aromatic heterocycles. The number of carbonyl (C=O) groups excluding carboxylic acids is 1. The lowest BCUT2D eigenvalue weighted by molar-refractivity contribution is 0.256. The van der Waals surface area contributed by atoms with E-state index in [-0.39, 0.29) is 5.82 Å². The number of carbonyl (C=O) groups is 1. The van der Waals surface area contributed by atoms with Gasteiger partial charge < -0.3 is 0 Å². The molecule has 1 aromatic carbocycles. The lowest BCUT2D eigenvalue weighted by atomic mass is 10.2. The van der Waals surface area contributed by atoms with Gasteiger partial charge in [0.05, 0.1) is 0 Å². The fraction of sp³-hybridized carbons (Fsp3) is 0.250. The summed E-state index contributed by atoms with van der Waals surface area (Å²) in [6.07, 6.45) is 0. The van der Waals surface area contributed by atoms with Gasteiger partial charge in [-0.3, -0.25) is 5.32 Å². The van der Waals surface area contributed by atoms with Crippen molar-refractivity contribution in [2.24, 2.45) is 0 Å². The molecule has 0 aliphatic carbocycles. The highest BCUT2D eigenvalue weighted by molar-refractivity contribution is 7.92. The molecule has 0 spiro atoms. The van der Waals surface area contributed by atoms with Crippen LogP contribution in [0, 0.1) is 13.8 Å². The van der Waals surface area contributed by atoms with E-state index in [9.17, 15) is 21.6 Å². The van der Waals surface area contributed by atoms with E-state index in [0.717, 1.165) is 22.0 Å². The Morgan fingerprint density at radius 1 is 1.00 bits per heavy atom. The maximum atomic E-state index is 12.6. The molecule has 11 heteroatoms. The summed E-state index contributed by atoms with van der Waals surface area (Å²) < 4.78 is 52.6. The molecule has 0 atom stereocenters. The summed E-state index contributed by atoms with van der Waals surface area (Å²) in [4.78, 5) is 15.2. The van der Waals surface area contributed by atoms with Crippen LogP contribution in [-0.4, -0.2) is 46.3 Å². The van der Waals surface area contributed by atoms with E-state index in [1.165, 1.54) is 26.2 Å². The van der Waals surface area contributed by atoms with E-state index >= 15 is 0 Å². The van der Waals surface area contributed by atoms with Crippen LogP contribution in [0.2, 0.25) is 0 Å². The molecule has 0 fully saturated rings. The minimum atomic E-state index is -4.44. The largest absolute Gasteiger partial charge is 0.334 e. The van der Waals surface area contributed by atoms with Gasteiger partial charge in [0.1, 0.15) is 15.6 Å². The Bertz CT molecular complexity index is 1060. The van der Waals surface area contributed by atoms with Gasteiger partial charge in [-0.05, 0) is 43.7 Å². The summed E-state index contributed by atoms with van der Waals surface area (Å²) in [5, 5.41) is 2.33. The summed E-state index contributed by atoms with van der Waals surface area (Å²) in [5.41, 5.74) is 1.48. The highest BCUT2D eigenvalue weighted by Crippen LogP contribution is 2.22. The first-order valence-corrected chi connectivity index (χ1v) is 10.7. The lowest BCUT2D eigenvalue weighted by Gasteiger charge is -2.15. The highest BCUT2D eigenvalue weighted by atomic mass is 32.2. The Morgan fingerprint density at radius 2 is 1.59 bits per heavy atom. The van der Waals surface area contributed by atoms with E-state index in [4.69, 9.17) is 0 Å². The number of hydrogen-bond donors (Lipinski definition) is 2. The van der Waals surface area contributed by atoms with Crippen molar-refractivity contribution < 1.29 is 21.6 Å². The summed E-state index contributed by atoms with van der Waals surface area (Å²) in [6.45, 7) is 3.53. The number of urea groups is 1. The second-order valence-corrected chi connectivity index (χ2v) is 9.74. The molecule has 0 aliphatic rings. The van der Waals surface area contributed by atoms with Gasteiger partial charge in [-0.15, -0.1) is 0 Å². The van der Waals surface area contributed by atoms with Gasteiger partial charge in [-0.25, -0.2) is 35.6 Å². The number of aromatic nitrogens is 1. The van der Waals surface area contributed by atoms with Crippen LogP contribution in [0.25, 0.3) is 0 Å². The second-order valence-electron chi connectivity index (χ2n) is 5.96. The average Bonchev–Trinajstić information content (AvgIpc) is 2.53. The smallest absolute Gasteiger partial charge is 0.292 e. The summed E-state index contributed by atoms with van der Waals surface area (Å²) in [7, 11) is -5.90. The van der Waals surface area contributed by atoms with Crippen LogP contribution in [0.15, 0.2) is 46.2 Å². The standard InChI is InChI=1S/C16H20N4O5S2/c1-11-9-12(2)17-15(10-11)18-16(21)19-26(22,23)13-7-5-6-8-14(13)27(24,25)20(3)4/h5-10H,1-4H3,(H2,17,18,19,21).